The van der Waals surface area contributed by atoms with Gasteiger partial charge >= 0.3 is 6.18 Å². The molecule has 0 aromatic heterocycles. The third kappa shape index (κ3) is 3.88. The number of carbonyl (C=O) groups is 1. The second-order valence-corrected chi connectivity index (χ2v) is 5.19. The molecule has 2 aromatic rings. The Bertz CT molecular complexity index is 738. The molecule has 0 radical (unpaired) electrons. The van der Waals surface area contributed by atoms with E-state index in [0.717, 1.165) is 18.2 Å². The molecule has 0 fully saturated rings. The van der Waals surface area contributed by atoms with Crippen LogP contribution < -0.4 is 5.32 Å². The van der Waals surface area contributed by atoms with Gasteiger partial charge in [-0.15, -0.1) is 0 Å². The molecule has 2 aromatic carbocycles. The largest absolute Gasteiger partial charge is 0.416 e. The molecule has 122 valence electrons. The number of halogens is 4. The van der Waals surface area contributed by atoms with Crippen molar-refractivity contribution in [3.8, 4) is 0 Å². The Hall–Kier alpha value is -2.37. The van der Waals surface area contributed by atoms with Crippen molar-refractivity contribution in [3.63, 3.8) is 0 Å². The molecule has 2 rings (SSSR count). The molecule has 1 amide bonds. The van der Waals surface area contributed by atoms with Crippen molar-refractivity contribution in [1.29, 1.82) is 0 Å². The van der Waals surface area contributed by atoms with Crippen LogP contribution in [0.5, 0.6) is 0 Å². The zero-order valence-electron chi connectivity index (χ0n) is 12.6. The fraction of sp³-hybridized carbons (Fsp3) is 0.235. The molecule has 23 heavy (non-hydrogen) atoms. The van der Waals surface area contributed by atoms with Crippen LogP contribution in [-0.2, 0) is 12.6 Å². The van der Waals surface area contributed by atoms with Gasteiger partial charge in [0.2, 0.25) is 0 Å². The van der Waals surface area contributed by atoms with Gasteiger partial charge in [0.15, 0.2) is 0 Å². The first kappa shape index (κ1) is 17.0. The molecule has 0 aliphatic heterocycles. The average molecular weight is 325 g/mol. The quantitative estimate of drug-likeness (QED) is 0.846. The summed E-state index contributed by atoms with van der Waals surface area (Å²) >= 11 is 0. The number of hydrogen-bond acceptors (Lipinski definition) is 1. The van der Waals surface area contributed by atoms with E-state index in [-0.39, 0.29) is 12.0 Å². The zero-order chi connectivity index (χ0) is 17.2. The minimum Gasteiger partial charge on any atom is -0.355 e. The number of alkyl halides is 3. The number of carbonyl (C=O) groups excluding carboxylic acids is 1. The lowest BCUT2D eigenvalue weighted by Gasteiger charge is -2.13. The summed E-state index contributed by atoms with van der Waals surface area (Å²) in [6, 6.07) is 7.22. The molecular weight excluding hydrogens is 310 g/mol. The predicted molar refractivity (Wildman–Crippen MR) is 78.8 cm³/mol. The van der Waals surface area contributed by atoms with Crippen molar-refractivity contribution in [2.45, 2.75) is 19.5 Å². The molecule has 0 aliphatic rings. The maximum absolute atomic E-state index is 13.7. The zero-order valence-corrected chi connectivity index (χ0v) is 12.6. The van der Waals surface area contributed by atoms with E-state index in [1.807, 2.05) is 0 Å². The summed E-state index contributed by atoms with van der Waals surface area (Å²) < 4.78 is 52.0. The summed E-state index contributed by atoms with van der Waals surface area (Å²) in [6.45, 7) is 1.65. The molecule has 0 saturated heterocycles. The maximum atomic E-state index is 13.7. The standard InChI is InChI=1S/C17H15F4NO/c1-10-12(8-14(18)9-15(10)16(23)22-2)6-11-4-3-5-13(7-11)17(19,20)21/h3-5,7-9H,6H2,1-2H3,(H,22,23). The van der Waals surface area contributed by atoms with E-state index in [1.54, 1.807) is 13.0 Å². The van der Waals surface area contributed by atoms with Crippen LogP contribution in [0.1, 0.15) is 32.6 Å². The third-order valence-electron chi connectivity index (χ3n) is 3.60. The van der Waals surface area contributed by atoms with E-state index in [2.05, 4.69) is 5.32 Å². The monoisotopic (exact) mass is 325 g/mol. The maximum Gasteiger partial charge on any atom is 0.416 e. The first-order chi connectivity index (χ1) is 10.7. The van der Waals surface area contributed by atoms with Crippen LogP contribution in [-0.4, -0.2) is 13.0 Å². The van der Waals surface area contributed by atoms with Crippen LogP contribution in [0.4, 0.5) is 17.6 Å². The minimum atomic E-state index is -4.43. The number of nitrogens with one attached hydrogen (secondary N) is 1. The highest BCUT2D eigenvalue weighted by Crippen LogP contribution is 2.30. The van der Waals surface area contributed by atoms with Crippen LogP contribution in [0.15, 0.2) is 36.4 Å². The summed E-state index contributed by atoms with van der Waals surface area (Å²) in [7, 11) is 1.43. The number of benzene rings is 2. The summed E-state index contributed by atoms with van der Waals surface area (Å²) in [5.74, 6) is -1.04. The molecule has 1 N–H and O–H groups in total. The fourth-order valence-corrected chi connectivity index (χ4v) is 2.37. The van der Waals surface area contributed by atoms with Crippen LogP contribution in [0, 0.1) is 12.7 Å². The Morgan fingerprint density at radius 2 is 1.87 bits per heavy atom. The first-order valence-corrected chi connectivity index (χ1v) is 6.89. The van der Waals surface area contributed by atoms with E-state index in [4.69, 9.17) is 0 Å². The molecule has 0 heterocycles. The van der Waals surface area contributed by atoms with Gasteiger partial charge in [-0.25, -0.2) is 4.39 Å². The minimum absolute atomic E-state index is 0.109. The number of rotatable bonds is 3. The second-order valence-electron chi connectivity index (χ2n) is 5.19. The van der Waals surface area contributed by atoms with Gasteiger partial charge in [-0.2, -0.15) is 13.2 Å². The Balaban J connectivity index is 2.41. The highest BCUT2D eigenvalue weighted by molar-refractivity contribution is 5.95. The van der Waals surface area contributed by atoms with Crippen molar-refractivity contribution in [1.82, 2.24) is 5.32 Å². The van der Waals surface area contributed by atoms with Gasteiger partial charge < -0.3 is 5.32 Å². The summed E-state index contributed by atoms with van der Waals surface area (Å²) in [5.41, 5.74) is 0.840. The summed E-state index contributed by atoms with van der Waals surface area (Å²) in [4.78, 5) is 11.8. The average Bonchev–Trinajstić information content (AvgIpc) is 2.49. The molecule has 6 heteroatoms. The molecule has 0 atom stereocenters. The third-order valence-corrected chi connectivity index (χ3v) is 3.60. The van der Waals surface area contributed by atoms with E-state index >= 15 is 0 Å². The molecular formula is C17H15F4NO. The van der Waals surface area contributed by atoms with E-state index in [1.165, 1.54) is 19.2 Å². The van der Waals surface area contributed by atoms with Gasteiger partial charge in [-0.3, -0.25) is 4.79 Å². The van der Waals surface area contributed by atoms with E-state index in [9.17, 15) is 22.4 Å². The smallest absolute Gasteiger partial charge is 0.355 e. The summed E-state index contributed by atoms with van der Waals surface area (Å²) in [6.07, 6.45) is -4.32. The van der Waals surface area contributed by atoms with E-state index < -0.39 is 23.5 Å². The number of hydrogen-bond donors (Lipinski definition) is 1. The van der Waals surface area contributed by atoms with Crippen molar-refractivity contribution < 1.29 is 22.4 Å². The van der Waals surface area contributed by atoms with Gasteiger partial charge in [-0.05, 0) is 48.2 Å². The molecule has 0 bridgehead atoms. The van der Waals surface area contributed by atoms with Crippen molar-refractivity contribution in [2.75, 3.05) is 7.05 Å². The van der Waals surface area contributed by atoms with Gasteiger partial charge in [0.05, 0.1) is 5.56 Å². The predicted octanol–water partition coefficient (Wildman–Crippen LogP) is 4.10. The Labute approximate surface area is 131 Å². The van der Waals surface area contributed by atoms with Crippen LogP contribution in [0.25, 0.3) is 0 Å². The lowest BCUT2D eigenvalue weighted by atomic mass is 9.95. The molecule has 0 saturated carbocycles. The van der Waals surface area contributed by atoms with Crippen LogP contribution in [0.2, 0.25) is 0 Å². The SMILES string of the molecule is CNC(=O)c1cc(F)cc(Cc2cccc(C(F)(F)F)c2)c1C. The highest BCUT2D eigenvalue weighted by atomic mass is 19.4. The van der Waals surface area contributed by atoms with E-state index in [0.29, 0.717) is 16.7 Å². The second kappa shape index (κ2) is 6.40. The van der Waals surface area contributed by atoms with Gasteiger partial charge in [-0.1, -0.05) is 18.2 Å². The molecule has 2 nitrogen and oxygen atoms in total. The van der Waals surface area contributed by atoms with Crippen LogP contribution >= 0.6 is 0 Å². The Morgan fingerprint density at radius 3 is 2.48 bits per heavy atom. The van der Waals surface area contributed by atoms with Crippen molar-refractivity contribution in [3.05, 3.63) is 70.0 Å². The van der Waals surface area contributed by atoms with Crippen molar-refractivity contribution >= 4 is 5.91 Å². The Kier molecular flexibility index (Phi) is 4.73. The van der Waals surface area contributed by atoms with Crippen molar-refractivity contribution in [2.24, 2.45) is 0 Å². The normalized spacial score (nSPS) is 11.4. The van der Waals surface area contributed by atoms with Gasteiger partial charge in [0.1, 0.15) is 5.82 Å². The lowest BCUT2D eigenvalue weighted by Crippen LogP contribution is -2.20. The summed E-state index contributed by atoms with van der Waals surface area (Å²) in [5, 5.41) is 2.42. The molecule has 0 aliphatic carbocycles. The fourth-order valence-electron chi connectivity index (χ4n) is 2.37. The van der Waals surface area contributed by atoms with Gasteiger partial charge in [0, 0.05) is 12.6 Å². The lowest BCUT2D eigenvalue weighted by molar-refractivity contribution is -0.137. The van der Waals surface area contributed by atoms with Crippen LogP contribution in [0.3, 0.4) is 0 Å². The highest BCUT2D eigenvalue weighted by Gasteiger charge is 2.30. The first-order valence-electron chi connectivity index (χ1n) is 6.89. The molecule has 0 unspecified atom stereocenters. The topological polar surface area (TPSA) is 29.1 Å². The van der Waals surface area contributed by atoms with Gasteiger partial charge in [0.25, 0.3) is 5.91 Å². The molecule has 0 spiro atoms. The number of amides is 1. The Morgan fingerprint density at radius 1 is 1.17 bits per heavy atom.